The van der Waals surface area contributed by atoms with Crippen LogP contribution >= 0.6 is 11.6 Å². The fourth-order valence-electron chi connectivity index (χ4n) is 2.06. The topological polar surface area (TPSA) is 17.8 Å². The van der Waals surface area contributed by atoms with Crippen LogP contribution in [-0.4, -0.2) is 14.9 Å². The van der Waals surface area contributed by atoms with Crippen molar-refractivity contribution in [3.05, 3.63) is 18.2 Å². The fourth-order valence-corrected chi connectivity index (χ4v) is 2.47. The molecule has 1 aromatic heterocycles. The number of aromatic nitrogens is 2. The predicted molar refractivity (Wildman–Crippen MR) is 65.3 cm³/mol. The van der Waals surface area contributed by atoms with E-state index in [0.29, 0.717) is 0 Å². The Morgan fingerprint density at radius 1 is 1.53 bits per heavy atom. The van der Waals surface area contributed by atoms with E-state index in [1.54, 1.807) is 0 Å². The maximum atomic E-state index is 6.05. The Balaban J connectivity index is 2.68. The first-order valence-corrected chi connectivity index (χ1v) is 6.02. The molecule has 0 saturated carbocycles. The molecule has 3 heteroatoms. The summed E-state index contributed by atoms with van der Waals surface area (Å²) in [6.07, 6.45) is 5.92. The average molecular weight is 229 g/mol. The summed E-state index contributed by atoms with van der Waals surface area (Å²) >= 11 is 6.05. The van der Waals surface area contributed by atoms with Gasteiger partial charge in [-0.15, -0.1) is 11.6 Å². The zero-order valence-electron chi connectivity index (χ0n) is 10.1. The number of rotatable bonds is 5. The van der Waals surface area contributed by atoms with Crippen molar-refractivity contribution in [2.45, 2.75) is 52.5 Å². The quantitative estimate of drug-likeness (QED) is 0.706. The van der Waals surface area contributed by atoms with E-state index in [1.807, 2.05) is 12.4 Å². The normalized spacial score (nSPS) is 14.2. The summed E-state index contributed by atoms with van der Waals surface area (Å²) in [5.41, 5.74) is 0.222. The van der Waals surface area contributed by atoms with Crippen LogP contribution in [0.15, 0.2) is 12.4 Å². The van der Waals surface area contributed by atoms with Crippen LogP contribution < -0.4 is 0 Å². The minimum absolute atomic E-state index is 0.222. The van der Waals surface area contributed by atoms with Crippen LogP contribution in [0.5, 0.6) is 0 Å². The van der Waals surface area contributed by atoms with Gasteiger partial charge in [0.15, 0.2) is 0 Å². The van der Waals surface area contributed by atoms with Crippen molar-refractivity contribution >= 4 is 11.6 Å². The van der Waals surface area contributed by atoms with Crippen LogP contribution in [-0.2, 0) is 13.0 Å². The first kappa shape index (κ1) is 12.6. The van der Waals surface area contributed by atoms with Crippen LogP contribution in [0.1, 0.15) is 39.9 Å². The van der Waals surface area contributed by atoms with Gasteiger partial charge in [0.2, 0.25) is 0 Å². The van der Waals surface area contributed by atoms with Gasteiger partial charge in [0.1, 0.15) is 5.82 Å². The molecule has 1 rings (SSSR count). The predicted octanol–water partition coefficient (Wildman–Crippen LogP) is 3.49. The highest BCUT2D eigenvalue weighted by atomic mass is 35.5. The standard InChI is InChI=1S/C12H21ClN2/c1-5-15-7-6-14-11(15)9-12(3,4)8-10(2)13/h6-7,10H,5,8-9H2,1-4H3. The molecule has 1 unspecified atom stereocenters. The number of imidazole rings is 1. The van der Waals surface area contributed by atoms with Gasteiger partial charge < -0.3 is 4.57 Å². The number of hydrogen-bond acceptors (Lipinski definition) is 1. The molecule has 0 aliphatic carbocycles. The Bertz CT molecular complexity index is 302. The second-order valence-electron chi connectivity index (χ2n) is 4.96. The molecular weight excluding hydrogens is 208 g/mol. The van der Waals surface area contributed by atoms with Crippen LogP contribution in [0.4, 0.5) is 0 Å². The van der Waals surface area contributed by atoms with Gasteiger partial charge >= 0.3 is 0 Å². The molecule has 0 aromatic carbocycles. The van der Waals surface area contributed by atoms with Crippen molar-refractivity contribution in [3.8, 4) is 0 Å². The van der Waals surface area contributed by atoms with Crippen molar-refractivity contribution in [3.63, 3.8) is 0 Å². The number of alkyl halides is 1. The summed E-state index contributed by atoms with van der Waals surface area (Å²) < 4.78 is 2.20. The minimum Gasteiger partial charge on any atom is -0.335 e. The molecule has 2 nitrogen and oxygen atoms in total. The smallest absolute Gasteiger partial charge is 0.109 e. The minimum atomic E-state index is 0.222. The van der Waals surface area contributed by atoms with E-state index in [2.05, 4.69) is 37.2 Å². The number of aryl methyl sites for hydroxylation is 1. The van der Waals surface area contributed by atoms with Crippen LogP contribution in [0, 0.1) is 5.41 Å². The van der Waals surface area contributed by atoms with E-state index in [0.717, 1.165) is 19.4 Å². The SMILES string of the molecule is CCn1ccnc1CC(C)(C)CC(C)Cl. The summed E-state index contributed by atoms with van der Waals surface area (Å²) in [5, 5.41) is 0.227. The molecule has 0 fully saturated rings. The summed E-state index contributed by atoms with van der Waals surface area (Å²) in [6, 6.07) is 0. The molecule has 0 saturated heterocycles. The third kappa shape index (κ3) is 3.86. The van der Waals surface area contributed by atoms with E-state index in [1.165, 1.54) is 5.82 Å². The van der Waals surface area contributed by atoms with Gasteiger partial charge in [-0.1, -0.05) is 13.8 Å². The second-order valence-corrected chi connectivity index (χ2v) is 5.70. The molecule has 0 radical (unpaired) electrons. The zero-order chi connectivity index (χ0) is 11.5. The zero-order valence-corrected chi connectivity index (χ0v) is 10.9. The van der Waals surface area contributed by atoms with E-state index < -0.39 is 0 Å². The van der Waals surface area contributed by atoms with Gasteiger partial charge in [-0.2, -0.15) is 0 Å². The van der Waals surface area contributed by atoms with Crippen molar-refractivity contribution in [2.75, 3.05) is 0 Å². The molecule has 0 aliphatic rings. The van der Waals surface area contributed by atoms with Gasteiger partial charge in [0, 0.05) is 30.7 Å². The molecule has 0 spiro atoms. The van der Waals surface area contributed by atoms with Gasteiger partial charge in [0.05, 0.1) is 0 Å². The molecular formula is C12H21ClN2. The van der Waals surface area contributed by atoms with E-state index >= 15 is 0 Å². The van der Waals surface area contributed by atoms with Crippen molar-refractivity contribution in [1.29, 1.82) is 0 Å². The summed E-state index contributed by atoms with van der Waals surface area (Å²) in [5.74, 6) is 1.17. The summed E-state index contributed by atoms with van der Waals surface area (Å²) in [4.78, 5) is 4.40. The molecule has 0 aliphatic heterocycles. The molecule has 0 amide bonds. The van der Waals surface area contributed by atoms with E-state index in [4.69, 9.17) is 11.6 Å². The maximum Gasteiger partial charge on any atom is 0.109 e. The number of hydrogen-bond donors (Lipinski definition) is 0. The Hall–Kier alpha value is -0.500. The Morgan fingerprint density at radius 3 is 2.73 bits per heavy atom. The lowest BCUT2D eigenvalue weighted by molar-refractivity contribution is 0.320. The maximum absolute atomic E-state index is 6.05. The second kappa shape index (κ2) is 5.02. The van der Waals surface area contributed by atoms with Crippen LogP contribution in [0.2, 0.25) is 0 Å². The lowest BCUT2D eigenvalue weighted by Crippen LogP contribution is -2.21. The Labute approximate surface area is 97.7 Å². The van der Waals surface area contributed by atoms with Crippen molar-refractivity contribution in [1.82, 2.24) is 9.55 Å². The van der Waals surface area contributed by atoms with Gasteiger partial charge in [-0.05, 0) is 25.7 Å². The number of nitrogens with zero attached hydrogens (tertiary/aromatic N) is 2. The van der Waals surface area contributed by atoms with Crippen molar-refractivity contribution in [2.24, 2.45) is 5.41 Å². The molecule has 1 heterocycles. The highest BCUT2D eigenvalue weighted by molar-refractivity contribution is 6.20. The lowest BCUT2D eigenvalue weighted by Gasteiger charge is -2.25. The van der Waals surface area contributed by atoms with Crippen molar-refractivity contribution < 1.29 is 0 Å². The highest BCUT2D eigenvalue weighted by Gasteiger charge is 2.22. The lowest BCUT2D eigenvalue weighted by atomic mass is 9.84. The average Bonchev–Trinajstić information content (AvgIpc) is 2.48. The van der Waals surface area contributed by atoms with Gasteiger partial charge in [-0.3, -0.25) is 0 Å². The number of halogens is 1. The molecule has 0 bridgehead atoms. The van der Waals surface area contributed by atoms with E-state index in [9.17, 15) is 0 Å². The molecule has 86 valence electrons. The fraction of sp³-hybridized carbons (Fsp3) is 0.750. The van der Waals surface area contributed by atoms with Gasteiger partial charge in [0.25, 0.3) is 0 Å². The third-order valence-corrected chi connectivity index (χ3v) is 2.77. The molecule has 0 N–H and O–H groups in total. The molecule has 1 atom stereocenters. The van der Waals surface area contributed by atoms with E-state index in [-0.39, 0.29) is 10.8 Å². The largest absolute Gasteiger partial charge is 0.335 e. The molecule has 1 aromatic rings. The first-order chi connectivity index (χ1) is 6.94. The van der Waals surface area contributed by atoms with Crippen LogP contribution in [0.3, 0.4) is 0 Å². The monoisotopic (exact) mass is 228 g/mol. The van der Waals surface area contributed by atoms with Crippen LogP contribution in [0.25, 0.3) is 0 Å². The Kier molecular flexibility index (Phi) is 4.21. The first-order valence-electron chi connectivity index (χ1n) is 5.58. The molecule has 15 heavy (non-hydrogen) atoms. The Morgan fingerprint density at radius 2 is 2.20 bits per heavy atom. The summed E-state index contributed by atoms with van der Waals surface area (Å²) in [7, 11) is 0. The van der Waals surface area contributed by atoms with Gasteiger partial charge in [-0.25, -0.2) is 4.98 Å². The summed E-state index contributed by atoms with van der Waals surface area (Å²) in [6.45, 7) is 9.68. The third-order valence-electron chi connectivity index (χ3n) is 2.61. The highest BCUT2D eigenvalue weighted by Crippen LogP contribution is 2.28.